The van der Waals surface area contributed by atoms with E-state index in [1.54, 1.807) is 0 Å². The van der Waals surface area contributed by atoms with Crippen molar-refractivity contribution in [1.29, 1.82) is 0 Å². The smallest absolute Gasteiger partial charge is 0.252 e. The van der Waals surface area contributed by atoms with Gasteiger partial charge in [0.1, 0.15) is 0 Å². The average molecular weight is 403 g/mol. The molecule has 1 N–H and O–H groups in total. The molecule has 1 aliphatic heterocycles. The van der Waals surface area contributed by atoms with Crippen molar-refractivity contribution in [3.05, 3.63) is 69.7 Å². The number of benzene rings is 2. The molecule has 1 aliphatic rings. The van der Waals surface area contributed by atoms with Crippen LogP contribution in [0.15, 0.2) is 53.0 Å². The summed E-state index contributed by atoms with van der Waals surface area (Å²) >= 11 is 3.45. The second-order valence-corrected chi connectivity index (χ2v) is 7.12. The van der Waals surface area contributed by atoms with Crippen LogP contribution in [0.2, 0.25) is 0 Å². The molecular formula is C20H23BrN2O2. The third kappa shape index (κ3) is 4.69. The molecule has 25 heavy (non-hydrogen) atoms. The lowest BCUT2D eigenvalue weighted by molar-refractivity contribution is 0.0162. The summed E-state index contributed by atoms with van der Waals surface area (Å²) in [6, 6.07) is 16.2. The molecule has 0 spiro atoms. The van der Waals surface area contributed by atoms with Gasteiger partial charge in [0.15, 0.2) is 0 Å². The van der Waals surface area contributed by atoms with Gasteiger partial charge in [0, 0.05) is 24.1 Å². The maximum Gasteiger partial charge on any atom is 0.252 e. The van der Waals surface area contributed by atoms with Gasteiger partial charge >= 0.3 is 0 Å². The summed E-state index contributed by atoms with van der Waals surface area (Å²) in [6.07, 6.45) is 0. The Morgan fingerprint density at radius 2 is 1.84 bits per heavy atom. The first-order valence-electron chi connectivity index (χ1n) is 8.56. The topological polar surface area (TPSA) is 41.6 Å². The number of aryl methyl sites for hydroxylation is 1. The molecule has 0 aromatic heterocycles. The zero-order valence-electron chi connectivity index (χ0n) is 14.4. The molecule has 0 bridgehead atoms. The summed E-state index contributed by atoms with van der Waals surface area (Å²) in [4.78, 5) is 14.9. The number of carbonyl (C=O) groups excluding carboxylic acids is 1. The van der Waals surface area contributed by atoms with Crippen molar-refractivity contribution in [3.63, 3.8) is 0 Å². The van der Waals surface area contributed by atoms with Gasteiger partial charge in [-0.25, -0.2) is 0 Å². The number of hydrogen-bond donors (Lipinski definition) is 1. The Kier molecular flexibility index (Phi) is 6.24. The number of hydrogen-bond acceptors (Lipinski definition) is 3. The Bertz CT molecular complexity index is 712. The lowest BCUT2D eigenvalue weighted by Gasteiger charge is -2.35. The Balaban J connectivity index is 1.74. The first-order valence-corrected chi connectivity index (χ1v) is 9.35. The molecule has 0 radical (unpaired) electrons. The van der Waals surface area contributed by atoms with Gasteiger partial charge in [-0.3, -0.25) is 9.69 Å². The lowest BCUT2D eigenvalue weighted by Crippen LogP contribution is -2.43. The molecule has 0 aliphatic carbocycles. The quantitative estimate of drug-likeness (QED) is 0.830. The van der Waals surface area contributed by atoms with Crippen molar-refractivity contribution in [2.45, 2.75) is 13.0 Å². The fourth-order valence-electron chi connectivity index (χ4n) is 3.07. The molecule has 3 rings (SSSR count). The number of halogens is 1. The Morgan fingerprint density at radius 3 is 2.52 bits per heavy atom. The summed E-state index contributed by atoms with van der Waals surface area (Å²) in [6.45, 7) is 5.89. The van der Waals surface area contributed by atoms with Crippen molar-refractivity contribution < 1.29 is 9.53 Å². The van der Waals surface area contributed by atoms with E-state index in [2.05, 4.69) is 57.3 Å². The van der Waals surface area contributed by atoms with Crippen LogP contribution in [-0.2, 0) is 4.74 Å². The average Bonchev–Trinajstić information content (AvgIpc) is 2.64. The number of ether oxygens (including phenoxy) is 1. The van der Waals surface area contributed by atoms with E-state index >= 15 is 0 Å². The van der Waals surface area contributed by atoms with Crippen LogP contribution in [0, 0.1) is 6.92 Å². The van der Waals surface area contributed by atoms with Crippen LogP contribution in [0.3, 0.4) is 0 Å². The third-order valence-electron chi connectivity index (χ3n) is 4.52. The summed E-state index contributed by atoms with van der Waals surface area (Å²) in [7, 11) is 0. The van der Waals surface area contributed by atoms with E-state index in [4.69, 9.17) is 4.74 Å². The summed E-state index contributed by atoms with van der Waals surface area (Å²) in [5.74, 6) is -0.0575. The monoisotopic (exact) mass is 402 g/mol. The molecule has 2 aromatic rings. The number of amides is 1. The number of morpholine rings is 1. The molecule has 132 valence electrons. The van der Waals surface area contributed by atoms with Crippen LogP contribution in [0.1, 0.15) is 27.5 Å². The third-order valence-corrected chi connectivity index (χ3v) is 5.21. The van der Waals surface area contributed by atoms with Crippen molar-refractivity contribution >= 4 is 21.8 Å². The van der Waals surface area contributed by atoms with Gasteiger partial charge < -0.3 is 10.1 Å². The van der Waals surface area contributed by atoms with Gasteiger partial charge in [-0.1, -0.05) is 42.0 Å². The van der Waals surface area contributed by atoms with Crippen LogP contribution in [0.4, 0.5) is 0 Å². The number of carbonyl (C=O) groups is 1. The molecule has 0 saturated carbocycles. The number of nitrogens with zero attached hydrogens (tertiary/aromatic N) is 1. The standard InChI is InChI=1S/C20H23BrN2O2/c1-15-6-8-16(9-7-15)19(23-10-12-25-13-11-23)14-22-20(24)17-4-2-3-5-18(17)21/h2-9,19H,10-14H2,1H3,(H,22,24)/t19-/m1/s1. The van der Waals surface area contributed by atoms with Gasteiger partial charge in [0.05, 0.1) is 24.8 Å². The van der Waals surface area contributed by atoms with Crippen molar-refractivity contribution in [1.82, 2.24) is 10.2 Å². The Labute approximate surface area is 157 Å². The lowest BCUT2D eigenvalue weighted by atomic mass is 10.0. The summed E-state index contributed by atoms with van der Waals surface area (Å²) < 4.78 is 6.29. The molecule has 4 nitrogen and oxygen atoms in total. The van der Waals surface area contributed by atoms with Crippen molar-refractivity contribution in [3.8, 4) is 0 Å². The highest BCUT2D eigenvalue weighted by molar-refractivity contribution is 9.10. The minimum absolute atomic E-state index is 0.0575. The van der Waals surface area contributed by atoms with Gasteiger partial charge in [-0.15, -0.1) is 0 Å². The molecule has 0 unspecified atom stereocenters. The molecule has 1 fully saturated rings. The molecule has 1 saturated heterocycles. The second kappa shape index (κ2) is 8.61. The SMILES string of the molecule is Cc1ccc([C@@H](CNC(=O)c2ccccc2Br)N2CCOCC2)cc1. The first-order chi connectivity index (χ1) is 12.1. The van der Waals surface area contributed by atoms with Crippen LogP contribution in [0.5, 0.6) is 0 Å². The summed E-state index contributed by atoms with van der Waals surface area (Å²) in [5, 5.41) is 3.10. The number of nitrogens with one attached hydrogen (secondary N) is 1. The van der Waals surface area contributed by atoms with Crippen LogP contribution >= 0.6 is 15.9 Å². The van der Waals surface area contributed by atoms with E-state index in [1.807, 2.05) is 24.3 Å². The maximum absolute atomic E-state index is 12.6. The molecule has 5 heteroatoms. The van der Waals surface area contributed by atoms with Crippen LogP contribution in [0.25, 0.3) is 0 Å². The van der Waals surface area contributed by atoms with Gasteiger partial charge in [-0.05, 0) is 40.5 Å². The van der Waals surface area contributed by atoms with Gasteiger partial charge in [0.25, 0.3) is 5.91 Å². The molecule has 1 heterocycles. The van der Waals surface area contributed by atoms with Crippen LogP contribution in [-0.4, -0.2) is 43.7 Å². The zero-order chi connectivity index (χ0) is 17.6. The Hall–Kier alpha value is -1.69. The zero-order valence-corrected chi connectivity index (χ0v) is 16.0. The normalized spacial score (nSPS) is 16.4. The predicted octanol–water partition coefficient (Wildman–Crippen LogP) is 3.56. The minimum Gasteiger partial charge on any atom is -0.379 e. The van der Waals surface area contributed by atoms with Gasteiger partial charge in [0.2, 0.25) is 0 Å². The largest absolute Gasteiger partial charge is 0.379 e. The van der Waals surface area contributed by atoms with Crippen molar-refractivity contribution in [2.24, 2.45) is 0 Å². The predicted molar refractivity (Wildman–Crippen MR) is 103 cm³/mol. The highest BCUT2D eigenvalue weighted by Gasteiger charge is 2.23. The van der Waals surface area contributed by atoms with E-state index in [9.17, 15) is 4.79 Å². The molecule has 1 atom stereocenters. The second-order valence-electron chi connectivity index (χ2n) is 6.26. The molecular weight excluding hydrogens is 380 g/mol. The van der Waals surface area contributed by atoms with E-state index in [0.717, 1.165) is 30.8 Å². The van der Waals surface area contributed by atoms with Gasteiger partial charge in [-0.2, -0.15) is 0 Å². The first kappa shape index (κ1) is 18.1. The van der Waals surface area contributed by atoms with E-state index in [-0.39, 0.29) is 11.9 Å². The van der Waals surface area contributed by atoms with Crippen LogP contribution < -0.4 is 5.32 Å². The minimum atomic E-state index is -0.0575. The summed E-state index contributed by atoms with van der Waals surface area (Å²) in [5.41, 5.74) is 3.12. The fraction of sp³-hybridized carbons (Fsp3) is 0.350. The van der Waals surface area contributed by atoms with E-state index < -0.39 is 0 Å². The molecule has 1 amide bonds. The maximum atomic E-state index is 12.6. The Morgan fingerprint density at radius 1 is 1.16 bits per heavy atom. The molecule has 2 aromatic carbocycles. The highest BCUT2D eigenvalue weighted by atomic mass is 79.9. The highest BCUT2D eigenvalue weighted by Crippen LogP contribution is 2.22. The van der Waals surface area contributed by atoms with E-state index in [1.165, 1.54) is 11.1 Å². The van der Waals surface area contributed by atoms with E-state index in [0.29, 0.717) is 12.1 Å². The fourth-order valence-corrected chi connectivity index (χ4v) is 3.53. The number of rotatable bonds is 5. The van der Waals surface area contributed by atoms with Crippen molar-refractivity contribution in [2.75, 3.05) is 32.8 Å².